The van der Waals surface area contributed by atoms with E-state index in [1.165, 1.54) is 31.2 Å². The Kier molecular flexibility index (Phi) is 7.09. The number of hydrogen-bond donors (Lipinski definition) is 2. The van der Waals surface area contributed by atoms with E-state index in [1.807, 2.05) is 6.07 Å². The molecule has 1 aliphatic heterocycles. The highest BCUT2D eigenvalue weighted by molar-refractivity contribution is 7.80. The van der Waals surface area contributed by atoms with E-state index in [0.717, 1.165) is 24.7 Å². The molecule has 3 rings (SSSR count). The molecular formula is C23H29N3O2S. The van der Waals surface area contributed by atoms with Crippen LogP contribution < -0.4 is 15.5 Å². The van der Waals surface area contributed by atoms with Crippen molar-refractivity contribution >= 4 is 34.7 Å². The summed E-state index contributed by atoms with van der Waals surface area (Å²) in [6.45, 7) is 6.67. The highest BCUT2D eigenvalue weighted by atomic mass is 32.1. The molecule has 0 radical (unpaired) electrons. The SMILES string of the molecule is COC(=O)c1cccc(NC(=S)N[C@@H](C)c2ccc(N3CCC[C@@H](C)C3)cc2)c1. The summed E-state index contributed by atoms with van der Waals surface area (Å²) in [6, 6.07) is 15.9. The van der Waals surface area contributed by atoms with Gasteiger partial charge >= 0.3 is 5.97 Å². The molecule has 2 atom stereocenters. The van der Waals surface area contributed by atoms with Crippen LogP contribution in [0.3, 0.4) is 0 Å². The van der Waals surface area contributed by atoms with E-state index in [1.54, 1.807) is 18.2 Å². The molecule has 2 N–H and O–H groups in total. The number of anilines is 2. The van der Waals surface area contributed by atoms with Crippen molar-refractivity contribution in [1.29, 1.82) is 0 Å². The fraction of sp³-hybridized carbons (Fsp3) is 0.391. The van der Waals surface area contributed by atoms with E-state index in [0.29, 0.717) is 10.7 Å². The van der Waals surface area contributed by atoms with Crippen molar-refractivity contribution in [1.82, 2.24) is 5.32 Å². The topological polar surface area (TPSA) is 53.6 Å². The largest absolute Gasteiger partial charge is 0.465 e. The predicted molar refractivity (Wildman–Crippen MR) is 123 cm³/mol. The summed E-state index contributed by atoms with van der Waals surface area (Å²) in [5.74, 6) is 0.384. The quantitative estimate of drug-likeness (QED) is 0.547. The number of hydrogen-bond acceptors (Lipinski definition) is 4. The maximum atomic E-state index is 11.7. The number of rotatable bonds is 5. The van der Waals surface area contributed by atoms with Gasteiger partial charge in [0.25, 0.3) is 0 Å². The fourth-order valence-corrected chi connectivity index (χ4v) is 3.98. The Morgan fingerprint density at radius 2 is 2.00 bits per heavy atom. The summed E-state index contributed by atoms with van der Waals surface area (Å²) in [5, 5.41) is 6.95. The van der Waals surface area contributed by atoms with Crippen LogP contribution in [-0.2, 0) is 4.74 Å². The van der Waals surface area contributed by atoms with Crippen LogP contribution in [0.4, 0.5) is 11.4 Å². The van der Waals surface area contributed by atoms with E-state index >= 15 is 0 Å². The van der Waals surface area contributed by atoms with E-state index < -0.39 is 0 Å². The third-order valence-corrected chi connectivity index (χ3v) is 5.52. The first-order valence-electron chi connectivity index (χ1n) is 10.1. The second kappa shape index (κ2) is 9.74. The Balaban J connectivity index is 1.57. The van der Waals surface area contributed by atoms with Gasteiger partial charge in [0, 0.05) is 24.5 Å². The van der Waals surface area contributed by atoms with E-state index in [-0.39, 0.29) is 12.0 Å². The molecule has 29 heavy (non-hydrogen) atoms. The maximum absolute atomic E-state index is 11.7. The van der Waals surface area contributed by atoms with Gasteiger partial charge in [-0.3, -0.25) is 0 Å². The number of piperidine rings is 1. The molecule has 0 amide bonds. The van der Waals surface area contributed by atoms with Crippen molar-refractivity contribution < 1.29 is 9.53 Å². The van der Waals surface area contributed by atoms with Crippen LogP contribution in [0.5, 0.6) is 0 Å². The first-order chi connectivity index (χ1) is 14.0. The lowest BCUT2D eigenvalue weighted by molar-refractivity contribution is 0.0601. The molecule has 1 heterocycles. The van der Waals surface area contributed by atoms with Crippen molar-refractivity contribution in [3.63, 3.8) is 0 Å². The smallest absolute Gasteiger partial charge is 0.337 e. The molecular weight excluding hydrogens is 382 g/mol. The van der Waals surface area contributed by atoms with Gasteiger partial charge in [-0.15, -0.1) is 0 Å². The second-order valence-electron chi connectivity index (χ2n) is 7.68. The van der Waals surface area contributed by atoms with E-state index in [9.17, 15) is 4.79 Å². The number of carbonyl (C=O) groups excluding carboxylic acids is 1. The van der Waals surface area contributed by atoms with Crippen molar-refractivity contribution in [3.8, 4) is 0 Å². The number of benzene rings is 2. The maximum Gasteiger partial charge on any atom is 0.337 e. The molecule has 1 fully saturated rings. The molecule has 1 saturated heterocycles. The third-order valence-electron chi connectivity index (χ3n) is 5.30. The number of esters is 1. The molecule has 1 aliphatic rings. The average molecular weight is 412 g/mol. The number of nitrogens with one attached hydrogen (secondary N) is 2. The van der Waals surface area contributed by atoms with Gasteiger partial charge in [0.1, 0.15) is 0 Å². The summed E-state index contributed by atoms with van der Waals surface area (Å²) in [4.78, 5) is 14.1. The Morgan fingerprint density at radius 3 is 2.69 bits per heavy atom. The summed E-state index contributed by atoms with van der Waals surface area (Å²) in [5.41, 5.74) is 3.68. The molecule has 0 unspecified atom stereocenters. The highest BCUT2D eigenvalue weighted by Crippen LogP contribution is 2.24. The molecule has 2 aromatic rings. The van der Waals surface area contributed by atoms with Gasteiger partial charge in [0.05, 0.1) is 18.7 Å². The molecule has 0 aromatic heterocycles. The summed E-state index contributed by atoms with van der Waals surface area (Å²) >= 11 is 5.44. The van der Waals surface area contributed by atoms with E-state index in [4.69, 9.17) is 17.0 Å². The zero-order valence-corrected chi connectivity index (χ0v) is 18.1. The van der Waals surface area contributed by atoms with Gasteiger partial charge in [0.15, 0.2) is 5.11 Å². The molecule has 154 valence electrons. The molecule has 0 aliphatic carbocycles. The standard InChI is InChI=1S/C23H29N3O2S/c1-16-6-5-13-26(15-16)21-11-9-18(10-12-21)17(2)24-23(29)25-20-8-4-7-19(14-20)22(27)28-3/h4,7-12,14,16-17H,5-6,13,15H2,1-3H3,(H2,24,25,29)/t16-,17+/m1/s1. The number of nitrogens with zero attached hydrogens (tertiary/aromatic N) is 1. The number of ether oxygens (including phenoxy) is 1. The normalized spacial score (nSPS) is 17.3. The molecule has 2 aromatic carbocycles. The lowest BCUT2D eigenvalue weighted by Gasteiger charge is -2.33. The minimum atomic E-state index is -0.371. The second-order valence-corrected chi connectivity index (χ2v) is 8.09. The van der Waals surface area contributed by atoms with Crippen LogP contribution in [0.25, 0.3) is 0 Å². The Morgan fingerprint density at radius 1 is 1.24 bits per heavy atom. The first-order valence-corrected chi connectivity index (χ1v) is 10.5. The van der Waals surface area contributed by atoms with Crippen LogP contribution in [0.1, 0.15) is 48.7 Å². The zero-order chi connectivity index (χ0) is 20.8. The zero-order valence-electron chi connectivity index (χ0n) is 17.3. The average Bonchev–Trinajstić information content (AvgIpc) is 2.73. The fourth-order valence-electron chi connectivity index (χ4n) is 3.69. The van der Waals surface area contributed by atoms with Crippen molar-refractivity contribution in [3.05, 3.63) is 59.7 Å². The molecule has 0 spiro atoms. The lowest BCUT2D eigenvalue weighted by atomic mass is 9.99. The van der Waals surface area contributed by atoms with Gasteiger partial charge in [-0.1, -0.05) is 25.1 Å². The monoisotopic (exact) mass is 411 g/mol. The lowest BCUT2D eigenvalue weighted by Crippen LogP contribution is -2.34. The van der Waals surface area contributed by atoms with Crippen molar-refractivity contribution in [2.45, 2.75) is 32.7 Å². The summed E-state index contributed by atoms with van der Waals surface area (Å²) in [6.07, 6.45) is 2.58. The Bertz CT molecular complexity index is 853. The summed E-state index contributed by atoms with van der Waals surface area (Å²) < 4.78 is 4.76. The summed E-state index contributed by atoms with van der Waals surface area (Å²) in [7, 11) is 1.37. The van der Waals surface area contributed by atoms with Crippen LogP contribution in [0.2, 0.25) is 0 Å². The van der Waals surface area contributed by atoms with Crippen LogP contribution in [0.15, 0.2) is 48.5 Å². The van der Waals surface area contributed by atoms with Gasteiger partial charge < -0.3 is 20.3 Å². The Hall–Kier alpha value is -2.60. The Labute approximate surface area is 178 Å². The minimum absolute atomic E-state index is 0.0631. The van der Waals surface area contributed by atoms with Gasteiger partial charge in [0.2, 0.25) is 0 Å². The van der Waals surface area contributed by atoms with Crippen LogP contribution in [-0.4, -0.2) is 31.3 Å². The first kappa shape index (κ1) is 21.1. The van der Waals surface area contributed by atoms with Crippen molar-refractivity contribution in [2.75, 3.05) is 30.4 Å². The molecule has 6 heteroatoms. The number of thiocarbonyl (C=S) groups is 1. The van der Waals surface area contributed by atoms with E-state index in [2.05, 4.69) is 53.6 Å². The number of methoxy groups -OCH3 is 1. The van der Waals surface area contributed by atoms with Crippen LogP contribution in [0, 0.1) is 5.92 Å². The van der Waals surface area contributed by atoms with Crippen LogP contribution >= 0.6 is 12.2 Å². The minimum Gasteiger partial charge on any atom is -0.465 e. The third kappa shape index (κ3) is 5.70. The van der Waals surface area contributed by atoms with Gasteiger partial charge in [-0.05, 0) is 73.8 Å². The highest BCUT2D eigenvalue weighted by Gasteiger charge is 2.17. The molecule has 0 saturated carbocycles. The molecule has 0 bridgehead atoms. The van der Waals surface area contributed by atoms with Gasteiger partial charge in [-0.25, -0.2) is 4.79 Å². The molecule has 5 nitrogen and oxygen atoms in total. The van der Waals surface area contributed by atoms with Crippen molar-refractivity contribution in [2.24, 2.45) is 5.92 Å². The predicted octanol–water partition coefficient (Wildman–Crippen LogP) is 4.76. The van der Waals surface area contributed by atoms with Gasteiger partial charge in [-0.2, -0.15) is 0 Å². The number of carbonyl (C=O) groups is 1.